The molecule has 0 bridgehead atoms. The third-order valence-electron chi connectivity index (χ3n) is 2.42. The van der Waals surface area contributed by atoms with Crippen molar-refractivity contribution in [3.8, 4) is 0 Å². The standard InChI is InChI=1S/C12H10ClFN2OS/c1-6-7(2)18-12(15-6)16-11(17)9-4-3-8(13)5-10(9)14/h3-5H,1-2H3,(H,15,16,17). The highest BCUT2D eigenvalue weighted by Gasteiger charge is 2.14. The van der Waals surface area contributed by atoms with Crippen LogP contribution in [0.1, 0.15) is 20.9 Å². The molecule has 0 aliphatic rings. The fourth-order valence-electron chi connectivity index (χ4n) is 1.36. The largest absolute Gasteiger partial charge is 0.298 e. The molecule has 1 amide bonds. The van der Waals surface area contributed by atoms with Gasteiger partial charge in [0, 0.05) is 9.90 Å². The van der Waals surface area contributed by atoms with E-state index < -0.39 is 11.7 Å². The first-order valence-electron chi connectivity index (χ1n) is 5.18. The number of aryl methyl sites for hydroxylation is 2. The van der Waals surface area contributed by atoms with Gasteiger partial charge in [-0.2, -0.15) is 0 Å². The summed E-state index contributed by atoms with van der Waals surface area (Å²) in [7, 11) is 0. The molecule has 0 aliphatic heterocycles. The first kappa shape index (κ1) is 13.0. The van der Waals surface area contributed by atoms with Crippen molar-refractivity contribution in [2.24, 2.45) is 0 Å². The molecule has 0 saturated heterocycles. The van der Waals surface area contributed by atoms with Gasteiger partial charge in [-0.25, -0.2) is 9.37 Å². The maximum Gasteiger partial charge on any atom is 0.260 e. The van der Waals surface area contributed by atoms with Gasteiger partial charge < -0.3 is 0 Å². The molecular formula is C12H10ClFN2OS. The lowest BCUT2D eigenvalue weighted by Crippen LogP contribution is -2.13. The average molecular weight is 285 g/mol. The molecule has 6 heteroatoms. The Labute approximate surface area is 113 Å². The van der Waals surface area contributed by atoms with Crippen LogP contribution in [-0.2, 0) is 0 Å². The summed E-state index contributed by atoms with van der Waals surface area (Å²) >= 11 is 6.98. The van der Waals surface area contributed by atoms with Crippen molar-refractivity contribution in [1.82, 2.24) is 4.98 Å². The second kappa shape index (κ2) is 5.04. The Kier molecular flexibility index (Phi) is 3.63. The van der Waals surface area contributed by atoms with E-state index in [2.05, 4.69) is 10.3 Å². The highest BCUT2D eigenvalue weighted by atomic mass is 35.5. The van der Waals surface area contributed by atoms with Crippen LogP contribution in [0.5, 0.6) is 0 Å². The van der Waals surface area contributed by atoms with Crippen molar-refractivity contribution < 1.29 is 9.18 Å². The van der Waals surface area contributed by atoms with Gasteiger partial charge in [0.05, 0.1) is 11.3 Å². The van der Waals surface area contributed by atoms with Crippen LogP contribution in [0.25, 0.3) is 0 Å². The molecule has 1 N–H and O–H groups in total. The van der Waals surface area contributed by atoms with Gasteiger partial charge in [0.2, 0.25) is 0 Å². The first-order valence-corrected chi connectivity index (χ1v) is 6.37. The zero-order valence-electron chi connectivity index (χ0n) is 9.75. The molecule has 0 saturated carbocycles. The van der Waals surface area contributed by atoms with E-state index >= 15 is 0 Å². The Morgan fingerprint density at radius 3 is 2.72 bits per heavy atom. The Morgan fingerprint density at radius 2 is 2.17 bits per heavy atom. The van der Waals surface area contributed by atoms with Crippen molar-refractivity contribution in [1.29, 1.82) is 0 Å². The number of thiazole rings is 1. The number of anilines is 1. The van der Waals surface area contributed by atoms with Crippen molar-refractivity contribution in [2.75, 3.05) is 5.32 Å². The molecule has 0 spiro atoms. The number of aromatic nitrogens is 1. The molecule has 1 aromatic carbocycles. The zero-order valence-corrected chi connectivity index (χ0v) is 11.3. The average Bonchev–Trinajstić information content (AvgIpc) is 2.57. The van der Waals surface area contributed by atoms with Crippen LogP contribution in [0.15, 0.2) is 18.2 Å². The first-order chi connectivity index (χ1) is 8.47. The maximum absolute atomic E-state index is 13.5. The summed E-state index contributed by atoms with van der Waals surface area (Å²) in [6.45, 7) is 3.76. The highest BCUT2D eigenvalue weighted by Crippen LogP contribution is 2.22. The highest BCUT2D eigenvalue weighted by molar-refractivity contribution is 7.15. The lowest BCUT2D eigenvalue weighted by atomic mass is 10.2. The van der Waals surface area contributed by atoms with Crippen molar-refractivity contribution >= 4 is 34.0 Å². The number of benzene rings is 1. The van der Waals surface area contributed by atoms with Gasteiger partial charge in [0.25, 0.3) is 5.91 Å². The van der Waals surface area contributed by atoms with Crippen LogP contribution in [0.4, 0.5) is 9.52 Å². The quantitative estimate of drug-likeness (QED) is 0.911. The van der Waals surface area contributed by atoms with E-state index in [1.54, 1.807) is 0 Å². The smallest absolute Gasteiger partial charge is 0.260 e. The van der Waals surface area contributed by atoms with Crippen LogP contribution in [0, 0.1) is 19.7 Å². The van der Waals surface area contributed by atoms with Crippen molar-refractivity contribution in [3.05, 3.63) is 45.2 Å². The van der Waals surface area contributed by atoms with E-state index in [0.29, 0.717) is 5.13 Å². The lowest BCUT2D eigenvalue weighted by Gasteiger charge is -2.03. The number of carbonyl (C=O) groups is 1. The molecule has 0 radical (unpaired) electrons. The molecule has 18 heavy (non-hydrogen) atoms. The van der Waals surface area contributed by atoms with E-state index in [0.717, 1.165) is 16.6 Å². The molecule has 0 atom stereocenters. The van der Waals surface area contributed by atoms with E-state index in [9.17, 15) is 9.18 Å². The van der Waals surface area contributed by atoms with Gasteiger partial charge in [-0.15, -0.1) is 11.3 Å². The number of halogens is 2. The van der Waals surface area contributed by atoms with Crippen molar-refractivity contribution in [2.45, 2.75) is 13.8 Å². The minimum atomic E-state index is -0.648. The normalized spacial score (nSPS) is 10.4. The predicted octanol–water partition coefficient (Wildman–Crippen LogP) is 3.80. The number of nitrogens with zero attached hydrogens (tertiary/aromatic N) is 1. The van der Waals surface area contributed by atoms with Crippen LogP contribution < -0.4 is 5.32 Å². The molecule has 0 aliphatic carbocycles. The fourth-order valence-corrected chi connectivity index (χ4v) is 2.33. The van der Waals surface area contributed by atoms with Gasteiger partial charge >= 0.3 is 0 Å². The molecule has 3 nitrogen and oxygen atoms in total. The Balaban J connectivity index is 2.22. The third kappa shape index (κ3) is 2.68. The summed E-state index contributed by atoms with van der Waals surface area (Å²) in [4.78, 5) is 17.0. The molecule has 2 aromatic rings. The summed E-state index contributed by atoms with van der Waals surface area (Å²) in [6, 6.07) is 3.92. The van der Waals surface area contributed by atoms with Crippen molar-refractivity contribution in [3.63, 3.8) is 0 Å². The topological polar surface area (TPSA) is 42.0 Å². The molecule has 0 fully saturated rings. The van der Waals surface area contributed by atoms with Crippen LogP contribution >= 0.6 is 22.9 Å². The monoisotopic (exact) mass is 284 g/mol. The number of hydrogen-bond donors (Lipinski definition) is 1. The molecular weight excluding hydrogens is 275 g/mol. The lowest BCUT2D eigenvalue weighted by molar-refractivity contribution is 0.102. The van der Waals surface area contributed by atoms with E-state index in [1.165, 1.54) is 23.5 Å². The van der Waals surface area contributed by atoms with E-state index in [-0.39, 0.29) is 10.6 Å². The molecule has 94 valence electrons. The molecule has 2 rings (SSSR count). The van der Waals surface area contributed by atoms with Crippen LogP contribution in [0.2, 0.25) is 5.02 Å². The van der Waals surface area contributed by atoms with Crippen LogP contribution in [0.3, 0.4) is 0 Å². The maximum atomic E-state index is 13.5. The number of rotatable bonds is 2. The summed E-state index contributed by atoms with van der Waals surface area (Å²) in [5.74, 6) is -1.18. The number of nitrogens with one attached hydrogen (secondary N) is 1. The fraction of sp³-hybridized carbons (Fsp3) is 0.167. The predicted molar refractivity (Wildman–Crippen MR) is 71.0 cm³/mol. The summed E-state index contributed by atoms with van der Waals surface area (Å²) in [5, 5.41) is 3.28. The SMILES string of the molecule is Cc1nc(NC(=O)c2ccc(Cl)cc2F)sc1C. The number of amides is 1. The number of hydrogen-bond acceptors (Lipinski definition) is 3. The van der Waals surface area contributed by atoms with Gasteiger partial charge in [0.1, 0.15) is 5.82 Å². The molecule has 1 heterocycles. The zero-order chi connectivity index (χ0) is 13.3. The summed E-state index contributed by atoms with van der Waals surface area (Å²) in [6.07, 6.45) is 0. The van der Waals surface area contributed by atoms with E-state index in [1.807, 2.05) is 13.8 Å². The van der Waals surface area contributed by atoms with E-state index in [4.69, 9.17) is 11.6 Å². The molecule has 1 aromatic heterocycles. The van der Waals surface area contributed by atoms with Gasteiger partial charge in [-0.1, -0.05) is 11.6 Å². The van der Waals surface area contributed by atoms with Crippen LogP contribution in [-0.4, -0.2) is 10.9 Å². The second-order valence-electron chi connectivity index (χ2n) is 3.74. The summed E-state index contributed by atoms with van der Waals surface area (Å²) < 4.78 is 13.5. The third-order valence-corrected chi connectivity index (χ3v) is 3.65. The minimum Gasteiger partial charge on any atom is -0.298 e. The van der Waals surface area contributed by atoms with Gasteiger partial charge in [-0.3, -0.25) is 10.1 Å². The Hall–Kier alpha value is -1.46. The Morgan fingerprint density at radius 1 is 1.44 bits per heavy atom. The molecule has 0 unspecified atom stereocenters. The second-order valence-corrected chi connectivity index (χ2v) is 5.38. The summed E-state index contributed by atoms with van der Waals surface area (Å²) in [5.41, 5.74) is 0.803. The number of carbonyl (C=O) groups excluding carboxylic acids is 1. The van der Waals surface area contributed by atoms with Gasteiger partial charge in [0.15, 0.2) is 5.13 Å². The Bertz CT molecular complexity index is 593. The minimum absolute atomic E-state index is 0.0510. The van der Waals surface area contributed by atoms with Gasteiger partial charge in [-0.05, 0) is 32.0 Å².